The number of nitrogens with one attached hydrogen (secondary N) is 1. The topological polar surface area (TPSA) is 75.7 Å². The van der Waals surface area contributed by atoms with Gasteiger partial charge in [0.1, 0.15) is 5.75 Å². The van der Waals surface area contributed by atoms with Gasteiger partial charge in [-0.1, -0.05) is 42.8 Å². The van der Waals surface area contributed by atoms with Crippen molar-refractivity contribution in [3.63, 3.8) is 0 Å². The summed E-state index contributed by atoms with van der Waals surface area (Å²) in [4.78, 5) is 12.9. The standard InChI is InChI=1S/C24H26N2O4S/c1-18(30-23-11-7-9-19-8-3-4-10-22(19)23)24(27)25-20-12-14-21(15-13-20)31(28,29)26-16-5-2-6-17-26/h3-4,7-15,18H,2,5-6,16-17H2,1H3,(H,25,27)/t18-/m0/s1. The van der Waals surface area contributed by atoms with Crippen LogP contribution in [0.4, 0.5) is 5.69 Å². The number of rotatable bonds is 6. The first-order valence-electron chi connectivity index (χ1n) is 10.5. The summed E-state index contributed by atoms with van der Waals surface area (Å²) in [5.74, 6) is 0.336. The molecule has 31 heavy (non-hydrogen) atoms. The Morgan fingerprint density at radius 2 is 1.61 bits per heavy atom. The average molecular weight is 439 g/mol. The summed E-state index contributed by atoms with van der Waals surface area (Å²) >= 11 is 0. The van der Waals surface area contributed by atoms with Crippen molar-refractivity contribution in [3.05, 3.63) is 66.7 Å². The van der Waals surface area contributed by atoms with E-state index in [1.807, 2.05) is 42.5 Å². The molecule has 1 amide bonds. The molecule has 0 saturated carbocycles. The predicted molar refractivity (Wildman–Crippen MR) is 122 cm³/mol. The number of sulfonamides is 1. The smallest absolute Gasteiger partial charge is 0.265 e. The van der Waals surface area contributed by atoms with Gasteiger partial charge in [0.2, 0.25) is 10.0 Å². The minimum Gasteiger partial charge on any atom is -0.480 e. The molecule has 7 heteroatoms. The van der Waals surface area contributed by atoms with E-state index in [0.29, 0.717) is 24.5 Å². The summed E-state index contributed by atoms with van der Waals surface area (Å²) in [7, 11) is -3.49. The molecule has 1 fully saturated rings. The molecule has 3 aromatic carbocycles. The number of carbonyl (C=O) groups is 1. The van der Waals surface area contributed by atoms with E-state index < -0.39 is 16.1 Å². The van der Waals surface area contributed by atoms with E-state index in [9.17, 15) is 13.2 Å². The van der Waals surface area contributed by atoms with Crippen molar-refractivity contribution >= 4 is 32.4 Å². The number of benzene rings is 3. The highest BCUT2D eigenvalue weighted by atomic mass is 32.2. The maximum absolute atomic E-state index is 12.8. The summed E-state index contributed by atoms with van der Waals surface area (Å²) in [6.45, 7) is 2.81. The van der Waals surface area contributed by atoms with Gasteiger partial charge in [-0.05, 0) is 55.5 Å². The minimum atomic E-state index is -3.49. The third-order valence-electron chi connectivity index (χ3n) is 5.50. The highest BCUT2D eigenvalue weighted by Gasteiger charge is 2.26. The SMILES string of the molecule is C[C@H](Oc1cccc2ccccc12)C(=O)Nc1ccc(S(=O)(=O)N2CCCCC2)cc1. The van der Waals surface area contributed by atoms with Gasteiger partial charge in [-0.15, -0.1) is 0 Å². The van der Waals surface area contributed by atoms with Crippen molar-refractivity contribution in [3.8, 4) is 5.75 Å². The van der Waals surface area contributed by atoms with Crippen LogP contribution in [0.2, 0.25) is 0 Å². The summed E-state index contributed by atoms with van der Waals surface area (Å²) in [6, 6.07) is 19.9. The highest BCUT2D eigenvalue weighted by molar-refractivity contribution is 7.89. The Morgan fingerprint density at radius 3 is 2.35 bits per heavy atom. The van der Waals surface area contributed by atoms with Gasteiger partial charge in [0.25, 0.3) is 5.91 Å². The van der Waals surface area contributed by atoms with Crippen molar-refractivity contribution in [1.82, 2.24) is 4.31 Å². The fourth-order valence-electron chi connectivity index (χ4n) is 3.75. The summed E-state index contributed by atoms with van der Waals surface area (Å²) < 4.78 is 33.0. The second kappa shape index (κ2) is 9.08. The van der Waals surface area contributed by atoms with Crippen LogP contribution in [0.25, 0.3) is 10.8 Å². The summed E-state index contributed by atoms with van der Waals surface area (Å²) in [5.41, 5.74) is 0.524. The number of anilines is 1. The van der Waals surface area contributed by atoms with Gasteiger partial charge in [-0.2, -0.15) is 4.31 Å². The van der Waals surface area contributed by atoms with Gasteiger partial charge in [0.15, 0.2) is 6.10 Å². The van der Waals surface area contributed by atoms with E-state index >= 15 is 0 Å². The maximum Gasteiger partial charge on any atom is 0.265 e. The monoisotopic (exact) mass is 438 g/mol. The molecule has 1 atom stereocenters. The second-order valence-electron chi connectivity index (χ2n) is 7.72. The summed E-state index contributed by atoms with van der Waals surface area (Å²) in [5, 5.41) is 4.78. The number of ether oxygens (including phenoxy) is 1. The average Bonchev–Trinajstić information content (AvgIpc) is 2.80. The zero-order valence-corrected chi connectivity index (χ0v) is 18.3. The van der Waals surface area contributed by atoms with Crippen LogP contribution in [-0.4, -0.2) is 37.8 Å². The molecule has 0 aromatic heterocycles. The van der Waals surface area contributed by atoms with Gasteiger partial charge in [-0.3, -0.25) is 4.79 Å². The number of fused-ring (bicyclic) bond motifs is 1. The van der Waals surface area contributed by atoms with Crippen LogP contribution in [0.15, 0.2) is 71.6 Å². The molecule has 1 heterocycles. The molecule has 3 aromatic rings. The normalized spacial score (nSPS) is 16.0. The molecule has 1 saturated heterocycles. The Kier molecular flexibility index (Phi) is 6.25. The molecule has 1 N–H and O–H groups in total. The number of carbonyl (C=O) groups excluding carboxylic acids is 1. The molecular formula is C24H26N2O4S. The lowest BCUT2D eigenvalue weighted by Crippen LogP contribution is -2.35. The van der Waals surface area contributed by atoms with E-state index in [-0.39, 0.29) is 10.8 Å². The zero-order chi connectivity index (χ0) is 21.8. The molecular weight excluding hydrogens is 412 g/mol. The first kappa shape index (κ1) is 21.3. The van der Waals surface area contributed by atoms with Crippen molar-refractivity contribution in [2.75, 3.05) is 18.4 Å². The van der Waals surface area contributed by atoms with Gasteiger partial charge in [0, 0.05) is 24.2 Å². The predicted octanol–water partition coefficient (Wildman–Crippen LogP) is 4.42. The Labute approximate surface area is 182 Å². The first-order chi connectivity index (χ1) is 14.9. The quantitative estimate of drug-likeness (QED) is 0.618. The van der Waals surface area contributed by atoms with Crippen LogP contribution < -0.4 is 10.1 Å². The van der Waals surface area contributed by atoms with Crippen molar-refractivity contribution < 1.29 is 17.9 Å². The van der Waals surface area contributed by atoms with E-state index in [1.54, 1.807) is 19.1 Å². The molecule has 0 aliphatic carbocycles. The third kappa shape index (κ3) is 4.73. The Morgan fingerprint density at radius 1 is 0.935 bits per heavy atom. The largest absolute Gasteiger partial charge is 0.480 e. The Bertz CT molecular complexity index is 1160. The van der Waals surface area contributed by atoms with E-state index in [4.69, 9.17) is 4.74 Å². The van der Waals surface area contributed by atoms with E-state index in [0.717, 1.165) is 30.0 Å². The molecule has 0 radical (unpaired) electrons. The molecule has 162 valence electrons. The van der Waals surface area contributed by atoms with Crippen molar-refractivity contribution in [2.24, 2.45) is 0 Å². The number of amides is 1. The lowest BCUT2D eigenvalue weighted by atomic mass is 10.1. The maximum atomic E-state index is 12.8. The van der Waals surface area contributed by atoms with Crippen molar-refractivity contribution in [1.29, 1.82) is 0 Å². The molecule has 0 spiro atoms. The molecule has 0 bridgehead atoms. The lowest BCUT2D eigenvalue weighted by molar-refractivity contribution is -0.122. The zero-order valence-electron chi connectivity index (χ0n) is 17.5. The minimum absolute atomic E-state index is 0.243. The van der Waals surface area contributed by atoms with Gasteiger partial charge in [0.05, 0.1) is 4.90 Å². The van der Waals surface area contributed by atoms with Crippen LogP contribution in [-0.2, 0) is 14.8 Å². The molecule has 4 rings (SSSR count). The van der Waals surface area contributed by atoms with Crippen LogP contribution in [0, 0.1) is 0 Å². The van der Waals surface area contributed by atoms with Gasteiger partial charge in [-0.25, -0.2) is 8.42 Å². The number of hydrogen-bond acceptors (Lipinski definition) is 4. The lowest BCUT2D eigenvalue weighted by Gasteiger charge is -2.25. The number of hydrogen-bond donors (Lipinski definition) is 1. The van der Waals surface area contributed by atoms with E-state index in [2.05, 4.69) is 5.32 Å². The van der Waals surface area contributed by atoms with Gasteiger partial charge >= 0.3 is 0 Å². The highest BCUT2D eigenvalue weighted by Crippen LogP contribution is 2.26. The molecule has 1 aliphatic heterocycles. The van der Waals surface area contributed by atoms with Crippen LogP contribution in [0.3, 0.4) is 0 Å². The second-order valence-corrected chi connectivity index (χ2v) is 9.65. The Balaban J connectivity index is 1.42. The van der Waals surface area contributed by atoms with E-state index in [1.165, 1.54) is 16.4 Å². The van der Waals surface area contributed by atoms with Gasteiger partial charge < -0.3 is 10.1 Å². The van der Waals surface area contributed by atoms with Crippen LogP contribution >= 0.6 is 0 Å². The Hall–Kier alpha value is -2.90. The van der Waals surface area contributed by atoms with Crippen LogP contribution in [0.5, 0.6) is 5.75 Å². The fraction of sp³-hybridized carbons (Fsp3) is 0.292. The number of nitrogens with zero attached hydrogens (tertiary/aromatic N) is 1. The molecule has 0 unspecified atom stereocenters. The van der Waals surface area contributed by atoms with Crippen molar-refractivity contribution in [2.45, 2.75) is 37.2 Å². The third-order valence-corrected chi connectivity index (χ3v) is 7.41. The number of piperidine rings is 1. The fourth-order valence-corrected chi connectivity index (χ4v) is 5.27. The molecule has 6 nitrogen and oxygen atoms in total. The van der Waals surface area contributed by atoms with Crippen LogP contribution in [0.1, 0.15) is 26.2 Å². The first-order valence-corrected chi connectivity index (χ1v) is 11.9. The summed E-state index contributed by atoms with van der Waals surface area (Å²) in [6.07, 6.45) is 2.13. The molecule has 1 aliphatic rings.